The van der Waals surface area contributed by atoms with Gasteiger partial charge in [-0.3, -0.25) is 9.59 Å². The number of rotatable bonds is 51. The molecule has 2 atom stereocenters. The third-order valence-electron chi connectivity index (χ3n) is 11.7. The molecule has 0 aliphatic carbocycles. The predicted molar refractivity (Wildman–Crippen MR) is 306 cm³/mol. The molecule has 0 bridgehead atoms. The van der Waals surface area contributed by atoms with Crippen molar-refractivity contribution in [3.63, 3.8) is 0 Å². The molecule has 0 N–H and O–H groups in total. The number of nitrogens with zero attached hydrogens (tertiary/aromatic N) is 1. The Morgan fingerprint density at radius 1 is 0.425 bits per heavy atom. The van der Waals surface area contributed by atoms with Crippen molar-refractivity contribution in [2.45, 2.75) is 219 Å². The van der Waals surface area contributed by atoms with E-state index in [9.17, 15) is 19.5 Å². The van der Waals surface area contributed by atoms with Crippen LogP contribution in [-0.2, 0) is 33.3 Å². The van der Waals surface area contributed by atoms with E-state index in [0.717, 1.165) is 103 Å². The van der Waals surface area contributed by atoms with Crippen LogP contribution in [-0.4, -0.2) is 82.3 Å². The van der Waals surface area contributed by atoms with E-state index in [1.165, 1.54) is 70.6 Å². The van der Waals surface area contributed by atoms with Gasteiger partial charge in [0.05, 0.1) is 40.3 Å². The van der Waals surface area contributed by atoms with E-state index in [1.807, 2.05) is 21.1 Å². The monoisotopic (exact) mass is 1020 g/mol. The van der Waals surface area contributed by atoms with Crippen molar-refractivity contribution >= 4 is 17.9 Å². The number of ether oxygens (including phenoxy) is 4. The van der Waals surface area contributed by atoms with E-state index in [0.29, 0.717) is 17.4 Å². The first-order valence-corrected chi connectivity index (χ1v) is 28.7. The van der Waals surface area contributed by atoms with E-state index in [1.54, 1.807) is 0 Å². The Bertz CT molecular complexity index is 1610. The molecule has 0 saturated carbocycles. The number of hydrogen-bond donors (Lipinski definition) is 0. The molecular formula is C64H105NO8. The number of carbonyl (C=O) groups excluding carboxylic acids is 3. The Morgan fingerprint density at radius 3 is 1.19 bits per heavy atom. The van der Waals surface area contributed by atoms with Crippen LogP contribution < -0.4 is 5.11 Å². The summed E-state index contributed by atoms with van der Waals surface area (Å²) >= 11 is 0. The van der Waals surface area contributed by atoms with Crippen LogP contribution in [0.2, 0.25) is 0 Å². The number of allylic oxidation sites excluding steroid dienone is 20. The minimum atomic E-state index is -1.64. The highest BCUT2D eigenvalue weighted by atomic mass is 16.7. The summed E-state index contributed by atoms with van der Waals surface area (Å²) in [5.74, 6) is -2.36. The number of carbonyl (C=O) groups is 3. The van der Waals surface area contributed by atoms with Crippen LogP contribution in [0.4, 0.5) is 0 Å². The van der Waals surface area contributed by atoms with Gasteiger partial charge in [-0.25, -0.2) is 0 Å². The zero-order valence-corrected chi connectivity index (χ0v) is 47.0. The summed E-state index contributed by atoms with van der Waals surface area (Å²) in [7, 11) is 5.89. The molecule has 0 aliphatic heterocycles. The van der Waals surface area contributed by atoms with Crippen molar-refractivity contribution in [1.29, 1.82) is 0 Å². The first kappa shape index (κ1) is 68.7. The number of carboxylic acid groups (broad SMARTS) is 1. The maximum absolute atomic E-state index is 12.8. The van der Waals surface area contributed by atoms with Crippen LogP contribution in [0.5, 0.6) is 0 Å². The SMILES string of the molecule is CC/C=C\C/C=C\C/C=C\C/C=C\C/C=C\C/C=C\C/C=C\C/C=C\CCCCC(=O)OC(COC(=O)CCCCCCCCCCC/C=C\C/C=C\CCCCCCC)COC(OCC[N+](C)(C)C)C(=O)[O-]. The molecule has 0 aromatic carbocycles. The molecule has 0 saturated heterocycles. The van der Waals surface area contributed by atoms with Gasteiger partial charge in [-0.05, 0) is 109 Å². The van der Waals surface area contributed by atoms with Crippen LogP contribution in [0.15, 0.2) is 122 Å². The lowest BCUT2D eigenvalue weighted by Gasteiger charge is -2.26. The van der Waals surface area contributed by atoms with Gasteiger partial charge in [0.2, 0.25) is 0 Å². The van der Waals surface area contributed by atoms with Gasteiger partial charge in [0.25, 0.3) is 0 Å². The number of aliphatic carboxylic acids is 1. The predicted octanol–water partition coefficient (Wildman–Crippen LogP) is 15.6. The topological polar surface area (TPSA) is 111 Å². The number of esters is 2. The molecule has 414 valence electrons. The summed E-state index contributed by atoms with van der Waals surface area (Å²) in [6.07, 6.45) is 72.4. The molecule has 0 aromatic heterocycles. The summed E-state index contributed by atoms with van der Waals surface area (Å²) in [6, 6.07) is 0. The number of likely N-dealkylation sites (N-methyl/N-ethyl adjacent to an activating group) is 1. The molecule has 0 radical (unpaired) electrons. The van der Waals surface area contributed by atoms with Crippen molar-refractivity contribution in [2.24, 2.45) is 0 Å². The molecule has 0 rings (SSSR count). The lowest BCUT2D eigenvalue weighted by atomic mass is 10.1. The maximum Gasteiger partial charge on any atom is 0.306 e. The van der Waals surface area contributed by atoms with Crippen molar-refractivity contribution in [1.82, 2.24) is 0 Å². The van der Waals surface area contributed by atoms with Crippen molar-refractivity contribution in [3.8, 4) is 0 Å². The minimum Gasteiger partial charge on any atom is -0.545 e. The molecule has 0 heterocycles. The van der Waals surface area contributed by atoms with Gasteiger partial charge in [0.15, 0.2) is 12.4 Å². The number of unbranched alkanes of at least 4 members (excludes halogenated alkanes) is 16. The smallest absolute Gasteiger partial charge is 0.306 e. The van der Waals surface area contributed by atoms with E-state index in [-0.39, 0.29) is 38.6 Å². The fourth-order valence-electron chi connectivity index (χ4n) is 7.29. The Balaban J connectivity index is 4.41. The zero-order valence-electron chi connectivity index (χ0n) is 47.0. The second kappa shape index (κ2) is 54.0. The fourth-order valence-corrected chi connectivity index (χ4v) is 7.29. The standard InChI is InChI=1S/C64H105NO8/c1-6-8-10-12-14-16-18-20-22-24-26-28-29-30-31-32-33-35-37-39-41-43-45-47-49-51-53-55-62(67)73-60(59-72-64(63(68)69)70-57-56-65(3,4)5)58-71-61(66)54-52-50-48-46-44-42-40-38-36-34-27-25-23-21-19-17-15-13-11-9-7-2/h8,10,14,16,19-22,25-28,30-31,33,35,39,41,45,47,60,64H,6-7,9,11-13,15,17-18,23-24,29,32,34,36-38,40,42-44,46,48-59H2,1-5H3/b10-8-,16-14-,21-19-,22-20-,27-25-,28-26-,31-30-,35-33-,41-39-,47-45-. The summed E-state index contributed by atoms with van der Waals surface area (Å²) in [5.41, 5.74) is 0. The molecule has 9 heteroatoms. The van der Waals surface area contributed by atoms with E-state index in [2.05, 4.69) is 135 Å². The average molecular weight is 1020 g/mol. The average Bonchev–Trinajstić information content (AvgIpc) is 3.36. The first-order valence-electron chi connectivity index (χ1n) is 28.7. The molecule has 2 unspecified atom stereocenters. The quantitative estimate of drug-likeness (QED) is 0.0195. The molecule has 0 aromatic rings. The first-order chi connectivity index (χ1) is 35.6. The van der Waals surface area contributed by atoms with E-state index in [4.69, 9.17) is 18.9 Å². The molecule has 0 spiro atoms. The third kappa shape index (κ3) is 55.3. The lowest BCUT2D eigenvalue weighted by Crippen LogP contribution is -2.44. The highest BCUT2D eigenvalue weighted by molar-refractivity contribution is 5.70. The van der Waals surface area contributed by atoms with Crippen LogP contribution in [0.25, 0.3) is 0 Å². The Labute approximate surface area is 447 Å². The summed E-state index contributed by atoms with van der Waals surface area (Å²) in [5, 5.41) is 11.8. The van der Waals surface area contributed by atoms with Crippen LogP contribution in [0.1, 0.15) is 206 Å². The number of quaternary nitrogens is 1. The fraction of sp³-hybridized carbons (Fsp3) is 0.641. The highest BCUT2D eigenvalue weighted by Gasteiger charge is 2.22. The van der Waals surface area contributed by atoms with E-state index >= 15 is 0 Å². The second-order valence-corrected chi connectivity index (χ2v) is 19.8. The Hall–Kier alpha value is -4.31. The second-order valence-electron chi connectivity index (χ2n) is 19.8. The molecule has 9 nitrogen and oxygen atoms in total. The summed E-state index contributed by atoms with van der Waals surface area (Å²) in [4.78, 5) is 37.3. The van der Waals surface area contributed by atoms with Gasteiger partial charge in [-0.2, -0.15) is 0 Å². The van der Waals surface area contributed by atoms with Crippen molar-refractivity contribution in [2.75, 3.05) is 47.5 Å². The maximum atomic E-state index is 12.8. The Morgan fingerprint density at radius 2 is 0.781 bits per heavy atom. The largest absolute Gasteiger partial charge is 0.545 e. The summed E-state index contributed by atoms with van der Waals surface area (Å²) in [6.45, 7) is 4.55. The molecular weight excluding hydrogens is 911 g/mol. The normalized spacial score (nSPS) is 13.7. The van der Waals surface area contributed by atoms with Crippen LogP contribution in [0.3, 0.4) is 0 Å². The van der Waals surface area contributed by atoms with Gasteiger partial charge in [-0.1, -0.05) is 206 Å². The van der Waals surface area contributed by atoms with Gasteiger partial charge in [0.1, 0.15) is 13.2 Å². The molecule has 0 aliphatic rings. The highest BCUT2D eigenvalue weighted by Crippen LogP contribution is 2.14. The van der Waals surface area contributed by atoms with Crippen molar-refractivity contribution in [3.05, 3.63) is 122 Å². The van der Waals surface area contributed by atoms with Gasteiger partial charge in [0, 0.05) is 12.8 Å². The van der Waals surface area contributed by atoms with Gasteiger partial charge in [-0.15, -0.1) is 0 Å². The van der Waals surface area contributed by atoms with Crippen LogP contribution >= 0.6 is 0 Å². The third-order valence-corrected chi connectivity index (χ3v) is 11.7. The Kier molecular flexibility index (Phi) is 50.8. The molecule has 0 amide bonds. The van der Waals surface area contributed by atoms with Crippen molar-refractivity contribution < 1.29 is 42.9 Å². The lowest BCUT2D eigenvalue weighted by molar-refractivity contribution is -0.870. The minimum absolute atomic E-state index is 0.131. The van der Waals surface area contributed by atoms with E-state index < -0.39 is 24.3 Å². The molecule has 73 heavy (non-hydrogen) atoms. The molecule has 0 fully saturated rings. The zero-order chi connectivity index (χ0) is 53.4. The number of carboxylic acids is 1. The van der Waals surface area contributed by atoms with Gasteiger partial charge < -0.3 is 33.3 Å². The summed E-state index contributed by atoms with van der Waals surface area (Å²) < 4.78 is 22.6. The van der Waals surface area contributed by atoms with Gasteiger partial charge >= 0.3 is 11.9 Å². The number of hydrogen-bond acceptors (Lipinski definition) is 8. The van der Waals surface area contributed by atoms with Crippen LogP contribution in [0, 0.1) is 0 Å².